The van der Waals surface area contributed by atoms with Crippen molar-refractivity contribution in [2.45, 2.75) is 33.6 Å². The minimum Gasteiger partial charge on any atom is -0.497 e. The average molecular weight is 243 g/mol. The molecule has 1 aromatic rings. The van der Waals surface area contributed by atoms with Crippen LogP contribution >= 0.6 is 0 Å². The molecule has 1 aliphatic heterocycles. The van der Waals surface area contributed by atoms with Crippen LogP contribution in [-0.4, -0.2) is 11.6 Å². The number of nitrogens with zero attached hydrogens (tertiary/aromatic N) is 1. The summed E-state index contributed by atoms with van der Waals surface area (Å²) >= 11 is 0. The fourth-order valence-electron chi connectivity index (χ4n) is 2.25. The van der Waals surface area contributed by atoms with Gasteiger partial charge in [-0.15, -0.1) is 0 Å². The first-order chi connectivity index (χ1) is 8.61. The van der Waals surface area contributed by atoms with Crippen LogP contribution in [0.15, 0.2) is 24.6 Å². The first-order valence-electron chi connectivity index (χ1n) is 6.58. The minimum absolute atomic E-state index is 0.428. The summed E-state index contributed by atoms with van der Waals surface area (Å²) in [5.74, 6) is 0.911. The number of ether oxygens (including phenoxy) is 1. The largest absolute Gasteiger partial charge is 0.497 e. The van der Waals surface area contributed by atoms with E-state index in [0.29, 0.717) is 18.4 Å². The highest BCUT2D eigenvalue weighted by Gasteiger charge is 2.18. The van der Waals surface area contributed by atoms with E-state index < -0.39 is 0 Å². The highest BCUT2D eigenvalue weighted by molar-refractivity contribution is 5.76. The summed E-state index contributed by atoms with van der Waals surface area (Å²) in [7, 11) is 0. The Labute approximate surface area is 109 Å². The van der Waals surface area contributed by atoms with Gasteiger partial charge in [-0.2, -0.15) is 0 Å². The van der Waals surface area contributed by atoms with Gasteiger partial charge in [0.2, 0.25) is 0 Å². The number of aromatic nitrogens is 1. The Morgan fingerprint density at radius 1 is 1.17 bits per heavy atom. The Morgan fingerprint density at radius 2 is 1.94 bits per heavy atom. The zero-order valence-corrected chi connectivity index (χ0v) is 11.6. The zero-order chi connectivity index (χ0) is 13.1. The zero-order valence-electron chi connectivity index (χ0n) is 11.6. The van der Waals surface area contributed by atoms with E-state index in [2.05, 4.69) is 44.8 Å². The third kappa shape index (κ3) is 2.47. The maximum absolute atomic E-state index is 5.56. The summed E-state index contributed by atoms with van der Waals surface area (Å²) in [5, 5.41) is 0. The van der Waals surface area contributed by atoms with Crippen LogP contribution in [0, 0.1) is 5.92 Å². The summed E-state index contributed by atoms with van der Waals surface area (Å²) in [6.45, 7) is 9.44. The van der Waals surface area contributed by atoms with Crippen LogP contribution in [0.5, 0.6) is 0 Å². The lowest BCUT2D eigenvalue weighted by atomic mass is 9.87. The molecule has 2 heterocycles. The van der Waals surface area contributed by atoms with E-state index in [1.54, 1.807) is 0 Å². The molecule has 0 spiro atoms. The van der Waals surface area contributed by atoms with Crippen molar-refractivity contribution >= 4 is 11.6 Å². The van der Waals surface area contributed by atoms with Gasteiger partial charge in [0.25, 0.3) is 0 Å². The molecule has 0 atom stereocenters. The molecule has 18 heavy (non-hydrogen) atoms. The maximum Gasteiger partial charge on any atom is 0.106 e. The molecule has 2 rings (SSSR count). The van der Waals surface area contributed by atoms with Crippen molar-refractivity contribution in [1.29, 1.82) is 0 Å². The molecule has 0 aromatic carbocycles. The molecule has 2 heteroatoms. The molecular formula is C16H21NO. The predicted molar refractivity (Wildman–Crippen MR) is 76.1 cm³/mol. The summed E-state index contributed by atoms with van der Waals surface area (Å²) in [4.78, 5) is 4.51. The van der Waals surface area contributed by atoms with Crippen molar-refractivity contribution in [2.75, 3.05) is 6.61 Å². The highest BCUT2D eigenvalue weighted by Crippen LogP contribution is 2.33. The Kier molecular flexibility index (Phi) is 3.85. The standard InChI is InChI=1S/C16H21NO/c1-11(2)13-7-8-17-15-6-5-9-18-10-14(12(3)4)16(13)15/h5-8,10-12H,9H2,1-4H3/b6-5-,14-10-. The van der Waals surface area contributed by atoms with Crippen molar-refractivity contribution in [1.82, 2.24) is 4.98 Å². The van der Waals surface area contributed by atoms with Gasteiger partial charge in [0, 0.05) is 11.8 Å². The fourth-order valence-corrected chi connectivity index (χ4v) is 2.25. The summed E-state index contributed by atoms with van der Waals surface area (Å²) in [5.41, 5.74) is 4.89. The second-order valence-corrected chi connectivity index (χ2v) is 5.28. The van der Waals surface area contributed by atoms with E-state index in [1.165, 1.54) is 16.7 Å². The van der Waals surface area contributed by atoms with Gasteiger partial charge in [-0.05, 0) is 41.2 Å². The monoisotopic (exact) mass is 243 g/mol. The molecule has 0 fully saturated rings. The van der Waals surface area contributed by atoms with Crippen molar-refractivity contribution in [3.05, 3.63) is 41.4 Å². The fraction of sp³-hybridized carbons (Fsp3) is 0.438. The summed E-state index contributed by atoms with van der Waals surface area (Å²) < 4.78 is 5.56. The van der Waals surface area contributed by atoms with Gasteiger partial charge >= 0.3 is 0 Å². The van der Waals surface area contributed by atoms with E-state index in [9.17, 15) is 0 Å². The third-order valence-corrected chi connectivity index (χ3v) is 3.22. The van der Waals surface area contributed by atoms with Crippen molar-refractivity contribution in [2.24, 2.45) is 5.92 Å². The van der Waals surface area contributed by atoms with Crippen LogP contribution in [0.1, 0.15) is 50.4 Å². The van der Waals surface area contributed by atoms with Crippen molar-refractivity contribution in [3.8, 4) is 0 Å². The summed E-state index contributed by atoms with van der Waals surface area (Å²) in [6, 6.07) is 2.12. The van der Waals surface area contributed by atoms with E-state index in [-0.39, 0.29) is 0 Å². The second kappa shape index (κ2) is 5.38. The normalized spacial score (nSPS) is 19.6. The van der Waals surface area contributed by atoms with Crippen LogP contribution in [0.3, 0.4) is 0 Å². The number of allylic oxidation sites excluding steroid dienone is 1. The third-order valence-electron chi connectivity index (χ3n) is 3.22. The number of hydrogen-bond acceptors (Lipinski definition) is 2. The van der Waals surface area contributed by atoms with Gasteiger partial charge in [0.15, 0.2) is 0 Å². The molecule has 0 aliphatic carbocycles. The van der Waals surface area contributed by atoms with Crippen LogP contribution in [-0.2, 0) is 4.74 Å². The Morgan fingerprint density at radius 3 is 2.61 bits per heavy atom. The van der Waals surface area contributed by atoms with Gasteiger partial charge in [0.05, 0.1) is 12.0 Å². The molecule has 0 N–H and O–H groups in total. The molecule has 0 saturated carbocycles. The number of rotatable bonds is 2. The van der Waals surface area contributed by atoms with E-state index in [4.69, 9.17) is 4.74 Å². The maximum atomic E-state index is 5.56. The average Bonchev–Trinajstić information content (AvgIpc) is 2.28. The predicted octanol–water partition coefficient (Wildman–Crippen LogP) is 4.25. The molecule has 0 bridgehead atoms. The first-order valence-corrected chi connectivity index (χ1v) is 6.58. The van der Waals surface area contributed by atoms with Crippen LogP contribution in [0.4, 0.5) is 0 Å². The quantitative estimate of drug-likeness (QED) is 0.775. The molecule has 0 amide bonds. The van der Waals surface area contributed by atoms with Gasteiger partial charge in [-0.1, -0.05) is 27.7 Å². The molecule has 2 nitrogen and oxygen atoms in total. The topological polar surface area (TPSA) is 22.1 Å². The van der Waals surface area contributed by atoms with Crippen LogP contribution in [0.2, 0.25) is 0 Å². The number of hydrogen-bond donors (Lipinski definition) is 0. The molecule has 0 saturated heterocycles. The summed E-state index contributed by atoms with van der Waals surface area (Å²) in [6.07, 6.45) is 7.89. The SMILES string of the molecule is CC(C)/C1=C/OC/C=C\c2nccc(C(C)C)c21. The number of pyridine rings is 1. The lowest BCUT2D eigenvalue weighted by Crippen LogP contribution is -2.07. The smallest absolute Gasteiger partial charge is 0.106 e. The Hall–Kier alpha value is -1.57. The van der Waals surface area contributed by atoms with Crippen molar-refractivity contribution < 1.29 is 4.74 Å². The Balaban J connectivity index is 2.67. The first kappa shape index (κ1) is 12.9. The molecule has 1 aromatic heterocycles. The van der Waals surface area contributed by atoms with Crippen molar-refractivity contribution in [3.63, 3.8) is 0 Å². The van der Waals surface area contributed by atoms with Crippen LogP contribution < -0.4 is 0 Å². The second-order valence-electron chi connectivity index (χ2n) is 5.28. The van der Waals surface area contributed by atoms with Gasteiger partial charge in [0.1, 0.15) is 6.61 Å². The number of fused-ring (bicyclic) bond motifs is 1. The molecule has 96 valence electrons. The van der Waals surface area contributed by atoms with Gasteiger partial charge in [-0.25, -0.2) is 0 Å². The van der Waals surface area contributed by atoms with E-state index in [0.717, 1.165) is 5.69 Å². The van der Waals surface area contributed by atoms with Gasteiger partial charge < -0.3 is 4.74 Å². The lowest BCUT2D eigenvalue weighted by Gasteiger charge is -2.21. The highest BCUT2D eigenvalue weighted by atomic mass is 16.5. The molecule has 0 radical (unpaired) electrons. The Bertz CT molecular complexity index is 484. The van der Waals surface area contributed by atoms with E-state index >= 15 is 0 Å². The molecule has 1 aliphatic rings. The molecular weight excluding hydrogens is 222 g/mol. The minimum atomic E-state index is 0.428. The molecule has 0 unspecified atom stereocenters. The van der Waals surface area contributed by atoms with E-state index in [1.807, 2.05) is 18.5 Å². The van der Waals surface area contributed by atoms with Crippen LogP contribution in [0.25, 0.3) is 11.6 Å². The van der Waals surface area contributed by atoms with Gasteiger partial charge in [-0.3, -0.25) is 4.98 Å². The lowest BCUT2D eigenvalue weighted by molar-refractivity contribution is 0.289.